The summed E-state index contributed by atoms with van der Waals surface area (Å²) in [5, 5.41) is 8.84. The lowest BCUT2D eigenvalue weighted by Gasteiger charge is -2.14. The van der Waals surface area contributed by atoms with Crippen LogP contribution in [-0.2, 0) is 11.3 Å². The number of pyridine rings is 1. The Morgan fingerprint density at radius 1 is 0.923 bits per heavy atom. The molecular formula is C30H31FN4O4. The largest absolute Gasteiger partial charge is 0.497 e. The molecule has 0 saturated heterocycles. The second kappa shape index (κ2) is 12.7. The third-order valence-corrected chi connectivity index (χ3v) is 6.41. The summed E-state index contributed by atoms with van der Waals surface area (Å²) in [6.45, 7) is 0.495. The fraction of sp³-hybridized carbons (Fsp3) is 0.233. The molecule has 0 aliphatic heterocycles. The number of benzene rings is 3. The molecule has 4 rings (SSSR count). The molecule has 8 nitrogen and oxygen atoms in total. The minimum atomic E-state index is -0.580. The first-order valence-electron chi connectivity index (χ1n) is 12.7. The van der Waals surface area contributed by atoms with E-state index in [2.05, 4.69) is 16.0 Å². The molecule has 39 heavy (non-hydrogen) atoms. The van der Waals surface area contributed by atoms with Gasteiger partial charge in [0.2, 0.25) is 11.3 Å². The summed E-state index contributed by atoms with van der Waals surface area (Å²) in [6, 6.07) is 18.2. The number of hydrogen-bond acceptors (Lipinski definition) is 5. The molecule has 202 valence electrons. The van der Waals surface area contributed by atoms with Crippen molar-refractivity contribution in [2.24, 2.45) is 0 Å². The molecule has 0 aliphatic rings. The summed E-state index contributed by atoms with van der Waals surface area (Å²) in [5.41, 5.74) is 2.01. The predicted octanol–water partition coefficient (Wildman–Crippen LogP) is 5.64. The van der Waals surface area contributed by atoms with Gasteiger partial charge < -0.3 is 25.3 Å². The van der Waals surface area contributed by atoms with E-state index in [1.54, 1.807) is 49.1 Å². The van der Waals surface area contributed by atoms with Crippen molar-refractivity contribution in [2.45, 2.75) is 32.2 Å². The topological polar surface area (TPSA) is 101 Å². The van der Waals surface area contributed by atoms with Crippen LogP contribution in [-0.4, -0.2) is 30.5 Å². The van der Waals surface area contributed by atoms with Crippen LogP contribution in [0.4, 0.5) is 21.5 Å². The van der Waals surface area contributed by atoms with E-state index in [4.69, 9.17) is 4.74 Å². The number of nitrogens with one attached hydrogen (secondary N) is 3. The van der Waals surface area contributed by atoms with Gasteiger partial charge in [-0.3, -0.25) is 14.4 Å². The highest BCUT2D eigenvalue weighted by molar-refractivity contribution is 6.05. The van der Waals surface area contributed by atoms with Crippen LogP contribution >= 0.6 is 0 Å². The Morgan fingerprint density at radius 2 is 1.67 bits per heavy atom. The number of unbranched alkanes of at least 4 members (excludes halogenated alkanes) is 2. The number of anilines is 3. The van der Waals surface area contributed by atoms with Gasteiger partial charge in [-0.1, -0.05) is 18.6 Å². The van der Waals surface area contributed by atoms with E-state index in [0.717, 1.165) is 23.9 Å². The molecule has 9 heteroatoms. The first-order valence-corrected chi connectivity index (χ1v) is 12.7. The molecule has 0 fully saturated rings. The highest BCUT2D eigenvalue weighted by Gasteiger charge is 2.17. The van der Waals surface area contributed by atoms with Gasteiger partial charge in [0.05, 0.1) is 24.0 Å². The Kier molecular flexibility index (Phi) is 8.94. The Labute approximate surface area is 225 Å². The van der Waals surface area contributed by atoms with Crippen molar-refractivity contribution in [1.82, 2.24) is 4.57 Å². The summed E-state index contributed by atoms with van der Waals surface area (Å²) in [5.74, 6) is -0.565. The molecule has 0 unspecified atom stereocenters. The molecule has 3 N–H and O–H groups in total. The molecule has 0 atom stereocenters. The van der Waals surface area contributed by atoms with Crippen LogP contribution < -0.4 is 26.1 Å². The molecule has 4 aromatic rings. The minimum absolute atomic E-state index is 0.0699. The molecular weight excluding hydrogens is 499 g/mol. The van der Waals surface area contributed by atoms with Crippen LogP contribution in [0.15, 0.2) is 77.7 Å². The van der Waals surface area contributed by atoms with Gasteiger partial charge in [0.1, 0.15) is 17.1 Å². The van der Waals surface area contributed by atoms with Crippen LogP contribution in [0.5, 0.6) is 5.75 Å². The second-order valence-corrected chi connectivity index (χ2v) is 9.06. The van der Waals surface area contributed by atoms with E-state index in [9.17, 15) is 18.8 Å². The van der Waals surface area contributed by atoms with Crippen LogP contribution in [0.25, 0.3) is 10.9 Å². The van der Waals surface area contributed by atoms with Crippen LogP contribution in [0.1, 0.15) is 36.0 Å². The summed E-state index contributed by atoms with van der Waals surface area (Å²) < 4.78 is 21.0. The first-order chi connectivity index (χ1) is 18.9. The van der Waals surface area contributed by atoms with Crippen molar-refractivity contribution < 1.29 is 18.7 Å². The highest BCUT2D eigenvalue weighted by atomic mass is 19.1. The number of amides is 2. The normalized spacial score (nSPS) is 10.7. The van der Waals surface area contributed by atoms with Crippen molar-refractivity contribution in [2.75, 3.05) is 30.1 Å². The number of aromatic nitrogens is 1. The van der Waals surface area contributed by atoms with Gasteiger partial charge in [0, 0.05) is 37.3 Å². The molecule has 1 aromatic heterocycles. The van der Waals surface area contributed by atoms with E-state index < -0.39 is 17.2 Å². The second-order valence-electron chi connectivity index (χ2n) is 9.06. The zero-order valence-electron chi connectivity index (χ0n) is 21.9. The number of carbonyl (C=O) groups is 2. The average molecular weight is 531 g/mol. The molecule has 2 amide bonds. The van der Waals surface area contributed by atoms with Crippen molar-refractivity contribution in [3.8, 4) is 5.75 Å². The molecule has 1 heterocycles. The minimum Gasteiger partial charge on any atom is -0.497 e. The number of ether oxygens (including phenoxy) is 1. The Bertz CT molecular complexity index is 1530. The van der Waals surface area contributed by atoms with Crippen LogP contribution in [0, 0.1) is 5.82 Å². The quantitative estimate of drug-likeness (QED) is 0.218. The Balaban J connectivity index is 1.42. The fourth-order valence-corrected chi connectivity index (χ4v) is 4.36. The standard InChI is InChI=1S/C30H31FN4O4/c1-32-25-8-5-6-9-26(25)34-28(36)10-4-3-7-17-35-19-24(29(37)23-18-20(31)11-16-27(23)35)30(38)33-21-12-14-22(39-2)15-13-21/h5-6,8-9,11-16,18-19,32H,3-4,7,10,17H2,1-2H3,(H,33,38)(H,34,36). The highest BCUT2D eigenvalue weighted by Crippen LogP contribution is 2.21. The van der Waals surface area contributed by atoms with E-state index in [0.29, 0.717) is 42.8 Å². The van der Waals surface area contributed by atoms with Gasteiger partial charge in [0.25, 0.3) is 5.91 Å². The lowest BCUT2D eigenvalue weighted by atomic mass is 10.1. The maximum atomic E-state index is 14.0. The number of methoxy groups -OCH3 is 1. The zero-order chi connectivity index (χ0) is 27.8. The van der Waals surface area contributed by atoms with Gasteiger partial charge >= 0.3 is 0 Å². The van der Waals surface area contributed by atoms with Crippen LogP contribution in [0.2, 0.25) is 0 Å². The lowest BCUT2D eigenvalue weighted by molar-refractivity contribution is -0.116. The van der Waals surface area contributed by atoms with E-state index in [1.165, 1.54) is 12.3 Å². The smallest absolute Gasteiger partial charge is 0.261 e. The molecule has 0 spiro atoms. The van der Waals surface area contributed by atoms with Crippen molar-refractivity contribution in [1.29, 1.82) is 0 Å². The van der Waals surface area contributed by atoms with Crippen LogP contribution in [0.3, 0.4) is 0 Å². The number of aryl methyl sites for hydroxylation is 1. The number of halogens is 1. The van der Waals surface area contributed by atoms with Crippen molar-refractivity contribution >= 4 is 39.8 Å². The zero-order valence-corrected chi connectivity index (χ0v) is 21.9. The Morgan fingerprint density at radius 3 is 2.38 bits per heavy atom. The molecule has 0 bridgehead atoms. The van der Waals surface area contributed by atoms with Gasteiger partial charge in [-0.25, -0.2) is 4.39 Å². The van der Waals surface area contributed by atoms with E-state index >= 15 is 0 Å². The number of carbonyl (C=O) groups excluding carboxylic acids is 2. The predicted molar refractivity (Wildman–Crippen MR) is 152 cm³/mol. The third kappa shape index (κ3) is 6.81. The molecule has 3 aromatic carbocycles. The maximum Gasteiger partial charge on any atom is 0.261 e. The van der Waals surface area contributed by atoms with Gasteiger partial charge in [0.15, 0.2) is 0 Å². The van der Waals surface area contributed by atoms with E-state index in [1.807, 2.05) is 24.3 Å². The molecule has 0 aliphatic carbocycles. The number of fused-ring (bicyclic) bond motifs is 1. The Hall–Kier alpha value is -4.66. The monoisotopic (exact) mass is 530 g/mol. The average Bonchev–Trinajstić information content (AvgIpc) is 2.94. The first kappa shape index (κ1) is 27.4. The maximum absolute atomic E-state index is 14.0. The summed E-state index contributed by atoms with van der Waals surface area (Å²) in [7, 11) is 3.34. The van der Waals surface area contributed by atoms with E-state index in [-0.39, 0.29) is 16.9 Å². The summed E-state index contributed by atoms with van der Waals surface area (Å²) in [6.07, 6.45) is 4.01. The SMILES string of the molecule is CNc1ccccc1NC(=O)CCCCCn1cc(C(=O)Nc2ccc(OC)cc2)c(=O)c2cc(F)ccc21. The van der Waals surface area contributed by atoms with Crippen molar-refractivity contribution in [3.05, 3.63) is 94.5 Å². The summed E-state index contributed by atoms with van der Waals surface area (Å²) in [4.78, 5) is 38.5. The lowest BCUT2D eigenvalue weighted by Crippen LogP contribution is -2.24. The number of hydrogen-bond donors (Lipinski definition) is 3. The van der Waals surface area contributed by atoms with Gasteiger partial charge in [-0.2, -0.15) is 0 Å². The fourth-order valence-electron chi connectivity index (χ4n) is 4.36. The van der Waals surface area contributed by atoms with Crippen molar-refractivity contribution in [3.63, 3.8) is 0 Å². The van der Waals surface area contributed by atoms with Gasteiger partial charge in [-0.05, 0) is 67.4 Å². The number of para-hydroxylation sites is 2. The summed E-state index contributed by atoms with van der Waals surface area (Å²) >= 11 is 0. The number of rotatable bonds is 11. The third-order valence-electron chi connectivity index (χ3n) is 6.41. The number of nitrogens with zero attached hydrogens (tertiary/aromatic N) is 1. The van der Waals surface area contributed by atoms with Gasteiger partial charge in [-0.15, -0.1) is 0 Å². The molecule has 0 radical (unpaired) electrons. The molecule has 0 saturated carbocycles.